The van der Waals surface area contributed by atoms with E-state index in [1.807, 2.05) is 47.4 Å². The zero-order chi connectivity index (χ0) is 25.3. The van der Waals surface area contributed by atoms with Crippen LogP contribution in [0.3, 0.4) is 0 Å². The third kappa shape index (κ3) is 4.66. The van der Waals surface area contributed by atoms with E-state index in [0.717, 1.165) is 16.8 Å². The summed E-state index contributed by atoms with van der Waals surface area (Å²) in [5.74, 6) is 0.220. The Labute approximate surface area is 209 Å². The highest BCUT2D eigenvalue weighted by Crippen LogP contribution is 2.28. The molecule has 0 saturated carbocycles. The Morgan fingerprint density at radius 2 is 1.78 bits per heavy atom. The van der Waals surface area contributed by atoms with Crippen molar-refractivity contribution in [3.8, 4) is 11.3 Å². The van der Waals surface area contributed by atoms with Crippen molar-refractivity contribution in [2.24, 2.45) is 7.05 Å². The minimum Gasteiger partial charge on any atom is -0.388 e. The van der Waals surface area contributed by atoms with Crippen molar-refractivity contribution < 1.29 is 9.90 Å². The molecule has 1 aliphatic heterocycles. The summed E-state index contributed by atoms with van der Waals surface area (Å²) in [7, 11) is 1.78. The molecule has 4 aromatic rings. The smallest absolute Gasteiger partial charge is 0.281 e. The predicted octanol–water partition coefficient (Wildman–Crippen LogP) is 2.74. The van der Waals surface area contributed by atoms with Gasteiger partial charge in [0.05, 0.1) is 24.2 Å². The van der Waals surface area contributed by atoms with E-state index in [-0.39, 0.29) is 29.4 Å². The molecule has 5 rings (SSSR count). The summed E-state index contributed by atoms with van der Waals surface area (Å²) in [6.45, 7) is 3.08. The average Bonchev–Trinajstić information content (AvgIpc) is 3.23. The number of carbonyl (C=O) groups is 1. The standard InChI is InChI=1S/C27H30N6O3/c1-19(20-6-4-3-5-7-20)16-22(34)32-14-10-27(36,11-15-32)17-33-18-29-23-24(26(33)35)30-31(2)25(23)21-8-12-28-13-9-21/h3-9,12-13,18-19,36H,10-11,14-17H2,1-2H3/t19-/m1/s1. The highest BCUT2D eigenvalue weighted by molar-refractivity contribution is 5.89. The molecule has 0 spiro atoms. The van der Waals surface area contributed by atoms with Crippen LogP contribution < -0.4 is 5.56 Å². The molecule has 36 heavy (non-hydrogen) atoms. The van der Waals surface area contributed by atoms with Crippen LogP contribution in [-0.4, -0.2) is 58.9 Å². The van der Waals surface area contributed by atoms with Crippen molar-refractivity contribution in [1.82, 2.24) is 29.2 Å². The Balaban J connectivity index is 1.27. The van der Waals surface area contributed by atoms with E-state index in [0.29, 0.717) is 37.9 Å². The number of hydrogen-bond donors (Lipinski definition) is 1. The molecule has 186 valence electrons. The van der Waals surface area contributed by atoms with Crippen LogP contribution >= 0.6 is 0 Å². The largest absolute Gasteiger partial charge is 0.388 e. The molecule has 0 aliphatic carbocycles. The molecular weight excluding hydrogens is 456 g/mol. The number of carbonyl (C=O) groups excluding carboxylic acids is 1. The van der Waals surface area contributed by atoms with E-state index in [1.165, 1.54) is 10.9 Å². The Bertz CT molecular complexity index is 1420. The molecule has 0 radical (unpaired) electrons. The molecule has 9 nitrogen and oxygen atoms in total. The highest BCUT2D eigenvalue weighted by atomic mass is 16.3. The van der Waals surface area contributed by atoms with Gasteiger partial charge in [-0.2, -0.15) is 5.10 Å². The van der Waals surface area contributed by atoms with Crippen LogP contribution in [0.1, 0.15) is 37.7 Å². The zero-order valence-electron chi connectivity index (χ0n) is 20.5. The van der Waals surface area contributed by atoms with Gasteiger partial charge in [0.2, 0.25) is 5.91 Å². The molecule has 1 N–H and O–H groups in total. The Kier molecular flexibility index (Phi) is 6.40. The SMILES string of the molecule is C[C@H](CC(=O)N1CCC(O)(Cn2cnc3c(-c4ccncc4)n(C)nc3c2=O)CC1)c1ccccc1. The first kappa shape index (κ1) is 23.9. The summed E-state index contributed by atoms with van der Waals surface area (Å²) in [6.07, 6.45) is 6.07. The Morgan fingerprint density at radius 1 is 1.08 bits per heavy atom. The van der Waals surface area contributed by atoms with Gasteiger partial charge in [0.15, 0.2) is 5.52 Å². The maximum atomic E-state index is 13.2. The third-order valence-corrected chi connectivity index (χ3v) is 7.13. The summed E-state index contributed by atoms with van der Waals surface area (Å²) in [5, 5.41) is 15.7. The zero-order valence-corrected chi connectivity index (χ0v) is 20.5. The summed E-state index contributed by atoms with van der Waals surface area (Å²) in [5.41, 5.74) is 2.15. The maximum Gasteiger partial charge on any atom is 0.281 e. The number of piperidine rings is 1. The van der Waals surface area contributed by atoms with E-state index in [9.17, 15) is 14.7 Å². The summed E-state index contributed by atoms with van der Waals surface area (Å²) in [6, 6.07) is 13.7. The van der Waals surface area contributed by atoms with Crippen LogP contribution in [0.15, 0.2) is 66.0 Å². The molecule has 1 aromatic carbocycles. The molecule has 1 saturated heterocycles. The molecule has 1 aliphatic rings. The molecule has 3 aromatic heterocycles. The van der Waals surface area contributed by atoms with Crippen molar-refractivity contribution in [2.45, 2.75) is 44.2 Å². The maximum absolute atomic E-state index is 13.2. The second-order valence-electron chi connectivity index (χ2n) is 9.70. The lowest BCUT2D eigenvalue weighted by Gasteiger charge is -2.38. The fourth-order valence-electron chi connectivity index (χ4n) is 4.98. The van der Waals surface area contributed by atoms with Crippen molar-refractivity contribution in [2.75, 3.05) is 13.1 Å². The minimum atomic E-state index is -1.09. The van der Waals surface area contributed by atoms with E-state index >= 15 is 0 Å². The van der Waals surface area contributed by atoms with E-state index in [2.05, 4.69) is 22.0 Å². The van der Waals surface area contributed by atoms with Gasteiger partial charge in [-0.3, -0.25) is 23.8 Å². The summed E-state index contributed by atoms with van der Waals surface area (Å²) < 4.78 is 3.08. The quantitative estimate of drug-likeness (QED) is 0.449. The van der Waals surface area contributed by atoms with Gasteiger partial charge < -0.3 is 10.0 Å². The second-order valence-corrected chi connectivity index (χ2v) is 9.70. The average molecular weight is 487 g/mol. The van der Waals surface area contributed by atoms with Crippen LogP contribution in [0.4, 0.5) is 0 Å². The van der Waals surface area contributed by atoms with Crippen LogP contribution in [0, 0.1) is 0 Å². The molecule has 0 unspecified atom stereocenters. The number of amides is 1. The van der Waals surface area contributed by atoms with Gasteiger partial charge >= 0.3 is 0 Å². The van der Waals surface area contributed by atoms with Crippen molar-refractivity contribution >= 4 is 16.9 Å². The normalized spacial score (nSPS) is 16.2. The van der Waals surface area contributed by atoms with Crippen LogP contribution in [0.2, 0.25) is 0 Å². The number of aryl methyl sites for hydroxylation is 1. The van der Waals surface area contributed by atoms with Gasteiger partial charge in [0.1, 0.15) is 5.52 Å². The first-order valence-electron chi connectivity index (χ1n) is 12.2. The van der Waals surface area contributed by atoms with Crippen molar-refractivity contribution in [3.63, 3.8) is 0 Å². The van der Waals surface area contributed by atoms with Gasteiger partial charge in [-0.1, -0.05) is 37.3 Å². The lowest BCUT2D eigenvalue weighted by molar-refractivity contribution is -0.136. The third-order valence-electron chi connectivity index (χ3n) is 7.13. The number of benzene rings is 1. The number of nitrogens with zero attached hydrogens (tertiary/aromatic N) is 6. The van der Waals surface area contributed by atoms with Crippen LogP contribution in [0.25, 0.3) is 22.3 Å². The molecule has 1 amide bonds. The predicted molar refractivity (Wildman–Crippen MR) is 136 cm³/mol. The molecule has 0 bridgehead atoms. The van der Waals surface area contributed by atoms with Gasteiger partial charge in [-0.15, -0.1) is 0 Å². The number of aromatic nitrogens is 5. The number of hydrogen-bond acceptors (Lipinski definition) is 6. The van der Waals surface area contributed by atoms with Crippen LogP contribution in [0.5, 0.6) is 0 Å². The lowest BCUT2D eigenvalue weighted by Crippen LogP contribution is -2.49. The number of rotatable bonds is 6. The van der Waals surface area contributed by atoms with E-state index < -0.39 is 5.60 Å². The molecule has 1 atom stereocenters. The lowest BCUT2D eigenvalue weighted by atomic mass is 9.90. The summed E-state index contributed by atoms with van der Waals surface area (Å²) >= 11 is 0. The van der Waals surface area contributed by atoms with Crippen LogP contribution in [-0.2, 0) is 18.4 Å². The molecule has 9 heteroatoms. The Hall–Kier alpha value is -3.85. The number of pyridine rings is 1. The van der Waals surface area contributed by atoms with Crippen molar-refractivity contribution in [3.05, 3.63) is 77.1 Å². The van der Waals surface area contributed by atoms with Gasteiger partial charge in [0, 0.05) is 44.5 Å². The van der Waals surface area contributed by atoms with E-state index in [4.69, 9.17) is 0 Å². The minimum absolute atomic E-state index is 0.0887. The second kappa shape index (κ2) is 9.66. The van der Waals surface area contributed by atoms with E-state index in [1.54, 1.807) is 24.1 Å². The fourth-order valence-corrected chi connectivity index (χ4v) is 4.98. The number of likely N-dealkylation sites (tertiary alicyclic amines) is 1. The monoisotopic (exact) mass is 486 g/mol. The first-order chi connectivity index (χ1) is 17.3. The van der Waals surface area contributed by atoms with Crippen molar-refractivity contribution in [1.29, 1.82) is 0 Å². The fraction of sp³-hybridized carbons (Fsp3) is 0.370. The molecule has 1 fully saturated rings. The Morgan fingerprint density at radius 3 is 2.47 bits per heavy atom. The van der Waals surface area contributed by atoms with Gasteiger partial charge in [0.25, 0.3) is 5.56 Å². The summed E-state index contributed by atoms with van der Waals surface area (Å²) in [4.78, 5) is 36.5. The topological polar surface area (TPSA) is 106 Å². The van der Waals surface area contributed by atoms with Gasteiger partial charge in [-0.25, -0.2) is 4.98 Å². The number of fused-ring (bicyclic) bond motifs is 1. The molecular formula is C27H30N6O3. The number of aliphatic hydroxyl groups is 1. The molecule has 4 heterocycles. The first-order valence-corrected chi connectivity index (χ1v) is 12.2. The van der Waals surface area contributed by atoms with Gasteiger partial charge in [-0.05, 0) is 36.5 Å². The highest BCUT2D eigenvalue weighted by Gasteiger charge is 2.35.